The first-order valence-corrected chi connectivity index (χ1v) is 7.95. The van der Waals surface area contributed by atoms with E-state index in [-0.39, 0.29) is 18.1 Å². The fourth-order valence-electron chi connectivity index (χ4n) is 2.72. The van der Waals surface area contributed by atoms with Crippen LogP contribution in [0.5, 0.6) is 6.01 Å². The van der Waals surface area contributed by atoms with Crippen LogP contribution in [0.3, 0.4) is 0 Å². The van der Waals surface area contributed by atoms with Crippen LogP contribution in [0.4, 0.5) is 11.9 Å². The molecule has 1 saturated carbocycles. The predicted molar refractivity (Wildman–Crippen MR) is 84.2 cm³/mol. The van der Waals surface area contributed by atoms with Gasteiger partial charge in [-0.1, -0.05) is 32.6 Å². The topological polar surface area (TPSA) is 86.0 Å². The van der Waals surface area contributed by atoms with Crippen LogP contribution in [0.15, 0.2) is 0 Å². The van der Waals surface area contributed by atoms with E-state index in [1.165, 1.54) is 25.7 Å². The van der Waals surface area contributed by atoms with Gasteiger partial charge in [-0.05, 0) is 32.1 Å². The van der Waals surface area contributed by atoms with Gasteiger partial charge in [-0.15, -0.1) is 0 Å². The van der Waals surface area contributed by atoms with E-state index in [1.807, 2.05) is 13.8 Å². The molecule has 2 rings (SSSR count). The fraction of sp³-hybridized carbons (Fsp3) is 0.800. The first-order valence-electron chi connectivity index (χ1n) is 7.95. The second kappa shape index (κ2) is 7.43. The molecule has 1 aromatic rings. The third kappa shape index (κ3) is 5.36. The van der Waals surface area contributed by atoms with Crippen LogP contribution >= 0.6 is 0 Å². The highest BCUT2D eigenvalue weighted by molar-refractivity contribution is 5.32. The second-order valence-corrected chi connectivity index (χ2v) is 6.31. The number of ether oxygens (including phenoxy) is 1. The standard InChI is InChI=1S/C15H27N5O/c1-10(2)21-15-19-13(16)18-14(20-15)17-9-8-12-6-4-11(3)5-7-12/h10-12H,4-9H2,1-3H3,(H3,16,17,18,19,20). The Balaban J connectivity index is 1.81. The van der Waals surface area contributed by atoms with Crippen LogP contribution < -0.4 is 15.8 Å². The van der Waals surface area contributed by atoms with Crippen molar-refractivity contribution in [2.75, 3.05) is 17.6 Å². The van der Waals surface area contributed by atoms with Crippen LogP contribution in [0.2, 0.25) is 0 Å². The molecule has 118 valence electrons. The van der Waals surface area contributed by atoms with Gasteiger partial charge in [-0.3, -0.25) is 0 Å². The largest absolute Gasteiger partial charge is 0.461 e. The van der Waals surface area contributed by atoms with Crippen molar-refractivity contribution in [3.05, 3.63) is 0 Å². The highest BCUT2D eigenvalue weighted by Crippen LogP contribution is 2.30. The van der Waals surface area contributed by atoms with E-state index in [2.05, 4.69) is 27.2 Å². The van der Waals surface area contributed by atoms with Crippen LogP contribution in [-0.4, -0.2) is 27.6 Å². The molecule has 3 N–H and O–H groups in total. The van der Waals surface area contributed by atoms with Gasteiger partial charge in [0.25, 0.3) is 0 Å². The van der Waals surface area contributed by atoms with Gasteiger partial charge >= 0.3 is 6.01 Å². The number of rotatable bonds is 6. The Morgan fingerprint density at radius 1 is 1.19 bits per heavy atom. The molecule has 1 heterocycles. The van der Waals surface area contributed by atoms with E-state index in [0.717, 1.165) is 24.8 Å². The van der Waals surface area contributed by atoms with E-state index in [9.17, 15) is 0 Å². The lowest BCUT2D eigenvalue weighted by molar-refractivity contribution is 0.222. The molecule has 0 atom stereocenters. The van der Waals surface area contributed by atoms with Crippen molar-refractivity contribution in [1.82, 2.24) is 15.0 Å². The second-order valence-electron chi connectivity index (χ2n) is 6.31. The Morgan fingerprint density at radius 3 is 2.57 bits per heavy atom. The van der Waals surface area contributed by atoms with Crippen molar-refractivity contribution >= 4 is 11.9 Å². The SMILES string of the molecule is CC1CCC(CCNc2nc(N)nc(OC(C)C)n2)CC1. The first-order chi connectivity index (χ1) is 10.0. The number of anilines is 2. The van der Waals surface area contributed by atoms with Crippen LogP contribution in [-0.2, 0) is 0 Å². The normalized spacial score (nSPS) is 22.3. The maximum atomic E-state index is 5.68. The molecule has 0 radical (unpaired) electrons. The molecule has 0 spiro atoms. The van der Waals surface area contributed by atoms with Crippen LogP contribution in [0, 0.1) is 11.8 Å². The quantitative estimate of drug-likeness (QED) is 0.838. The highest BCUT2D eigenvalue weighted by atomic mass is 16.5. The summed E-state index contributed by atoms with van der Waals surface area (Å²) in [5.41, 5.74) is 5.68. The summed E-state index contributed by atoms with van der Waals surface area (Å²) in [5, 5.41) is 3.24. The Morgan fingerprint density at radius 2 is 1.90 bits per heavy atom. The average molecular weight is 293 g/mol. The van der Waals surface area contributed by atoms with Crippen molar-refractivity contribution < 1.29 is 4.74 Å². The number of hydrogen-bond acceptors (Lipinski definition) is 6. The minimum absolute atomic E-state index is 0.0175. The summed E-state index contributed by atoms with van der Waals surface area (Å²) < 4.78 is 5.46. The van der Waals surface area contributed by atoms with E-state index >= 15 is 0 Å². The molecule has 1 aliphatic carbocycles. The van der Waals surface area contributed by atoms with Gasteiger partial charge in [0.1, 0.15) is 0 Å². The summed E-state index contributed by atoms with van der Waals surface area (Å²) >= 11 is 0. The van der Waals surface area contributed by atoms with E-state index < -0.39 is 0 Å². The molecule has 0 bridgehead atoms. The van der Waals surface area contributed by atoms with Gasteiger partial charge in [0, 0.05) is 6.54 Å². The van der Waals surface area contributed by atoms with Crippen LogP contribution in [0.25, 0.3) is 0 Å². The number of nitrogens with one attached hydrogen (secondary N) is 1. The molecular formula is C15H27N5O. The van der Waals surface area contributed by atoms with E-state index in [0.29, 0.717) is 5.95 Å². The molecule has 6 heteroatoms. The Hall–Kier alpha value is -1.59. The van der Waals surface area contributed by atoms with Gasteiger partial charge in [0.15, 0.2) is 0 Å². The van der Waals surface area contributed by atoms with Crippen molar-refractivity contribution in [3.8, 4) is 6.01 Å². The maximum absolute atomic E-state index is 5.68. The summed E-state index contributed by atoms with van der Waals surface area (Å²) in [5.74, 6) is 2.41. The molecule has 0 saturated heterocycles. The summed E-state index contributed by atoms with van der Waals surface area (Å²) in [6.45, 7) is 7.07. The fourth-order valence-corrected chi connectivity index (χ4v) is 2.72. The lowest BCUT2D eigenvalue weighted by Crippen LogP contribution is -2.17. The van der Waals surface area contributed by atoms with Crippen molar-refractivity contribution in [2.24, 2.45) is 11.8 Å². The summed E-state index contributed by atoms with van der Waals surface area (Å²) in [6, 6.07) is 0.284. The molecule has 0 unspecified atom stereocenters. The number of nitrogens with two attached hydrogens (primary N) is 1. The zero-order chi connectivity index (χ0) is 15.2. The minimum Gasteiger partial charge on any atom is -0.461 e. The molecule has 1 fully saturated rings. The van der Waals surface area contributed by atoms with Crippen LogP contribution in [0.1, 0.15) is 52.9 Å². The number of nitrogen functional groups attached to an aromatic ring is 1. The molecule has 21 heavy (non-hydrogen) atoms. The summed E-state index contributed by atoms with van der Waals surface area (Å²) in [7, 11) is 0. The molecule has 0 aromatic carbocycles. The monoisotopic (exact) mass is 293 g/mol. The van der Waals surface area contributed by atoms with E-state index in [4.69, 9.17) is 10.5 Å². The lowest BCUT2D eigenvalue weighted by atomic mass is 9.81. The zero-order valence-corrected chi connectivity index (χ0v) is 13.3. The van der Waals surface area contributed by atoms with Gasteiger partial charge in [0.2, 0.25) is 11.9 Å². The predicted octanol–water partition coefficient (Wildman–Crippen LogP) is 2.87. The smallest absolute Gasteiger partial charge is 0.323 e. The molecular weight excluding hydrogens is 266 g/mol. The van der Waals surface area contributed by atoms with Crippen molar-refractivity contribution in [1.29, 1.82) is 0 Å². The Bertz CT molecular complexity index is 444. The summed E-state index contributed by atoms with van der Waals surface area (Å²) in [6.07, 6.45) is 6.56. The molecule has 6 nitrogen and oxygen atoms in total. The lowest BCUT2D eigenvalue weighted by Gasteiger charge is -2.26. The minimum atomic E-state index is 0.0175. The third-order valence-electron chi connectivity index (χ3n) is 3.94. The average Bonchev–Trinajstić information content (AvgIpc) is 2.39. The molecule has 1 aliphatic rings. The Labute approximate surface area is 126 Å². The zero-order valence-electron chi connectivity index (χ0n) is 13.3. The Kier molecular flexibility index (Phi) is 5.59. The first kappa shape index (κ1) is 15.8. The van der Waals surface area contributed by atoms with Gasteiger partial charge in [0.05, 0.1) is 6.10 Å². The van der Waals surface area contributed by atoms with Gasteiger partial charge < -0.3 is 15.8 Å². The molecule has 0 amide bonds. The number of aromatic nitrogens is 3. The highest BCUT2D eigenvalue weighted by Gasteiger charge is 2.17. The van der Waals surface area contributed by atoms with Crippen molar-refractivity contribution in [2.45, 2.75) is 59.0 Å². The summed E-state index contributed by atoms with van der Waals surface area (Å²) in [4.78, 5) is 12.3. The molecule has 0 aliphatic heterocycles. The van der Waals surface area contributed by atoms with Crippen molar-refractivity contribution in [3.63, 3.8) is 0 Å². The van der Waals surface area contributed by atoms with Gasteiger partial charge in [-0.25, -0.2) is 0 Å². The number of nitrogens with zero attached hydrogens (tertiary/aromatic N) is 3. The number of hydrogen-bond donors (Lipinski definition) is 2. The third-order valence-corrected chi connectivity index (χ3v) is 3.94. The van der Waals surface area contributed by atoms with Gasteiger partial charge in [-0.2, -0.15) is 15.0 Å². The maximum Gasteiger partial charge on any atom is 0.323 e. The molecule has 1 aromatic heterocycles. The van der Waals surface area contributed by atoms with E-state index in [1.54, 1.807) is 0 Å².